The molecule has 0 unspecified atom stereocenters. The van der Waals surface area contributed by atoms with Gasteiger partial charge in [0.15, 0.2) is 0 Å². The molecule has 1 saturated heterocycles. The van der Waals surface area contributed by atoms with E-state index in [9.17, 15) is 4.79 Å². The van der Waals surface area contributed by atoms with E-state index in [1.807, 2.05) is 7.05 Å². The molecule has 0 spiro atoms. The van der Waals surface area contributed by atoms with Crippen molar-refractivity contribution in [3.05, 3.63) is 0 Å². The smallest absolute Gasteiger partial charge is 0.407 e. The Morgan fingerprint density at radius 1 is 1.36 bits per heavy atom. The van der Waals surface area contributed by atoms with Crippen molar-refractivity contribution < 1.29 is 9.90 Å². The average Bonchev–Trinajstić information content (AvgIpc) is 2.19. The maximum atomic E-state index is 10.6. The molecule has 0 atom stereocenters. The molecule has 0 aromatic heterocycles. The van der Waals surface area contributed by atoms with Crippen LogP contribution in [-0.4, -0.2) is 67.3 Å². The van der Waals surface area contributed by atoms with E-state index in [2.05, 4.69) is 10.2 Å². The molecule has 0 aliphatic carbocycles. The summed E-state index contributed by atoms with van der Waals surface area (Å²) in [5.74, 6) is 0. The van der Waals surface area contributed by atoms with Crippen LogP contribution in [0.4, 0.5) is 4.79 Å². The van der Waals surface area contributed by atoms with Crippen molar-refractivity contribution in [2.75, 3.05) is 46.3 Å². The van der Waals surface area contributed by atoms with Crippen LogP contribution in [-0.2, 0) is 0 Å². The van der Waals surface area contributed by atoms with E-state index in [1.54, 1.807) is 0 Å². The van der Waals surface area contributed by atoms with Crippen LogP contribution in [0.25, 0.3) is 0 Å². The SMILES string of the molecule is CNCCCN1CCN(C(=O)O)CC1. The van der Waals surface area contributed by atoms with Gasteiger partial charge in [-0.1, -0.05) is 0 Å². The standard InChI is InChI=1S/C9H19N3O2/c1-10-3-2-4-11-5-7-12(8-6-11)9(13)14/h10H,2-8H2,1H3,(H,13,14). The van der Waals surface area contributed by atoms with Crippen LogP contribution in [0.5, 0.6) is 0 Å². The van der Waals surface area contributed by atoms with Gasteiger partial charge in [-0.15, -0.1) is 0 Å². The van der Waals surface area contributed by atoms with Crippen LogP contribution in [0.3, 0.4) is 0 Å². The number of carboxylic acid groups (broad SMARTS) is 1. The zero-order chi connectivity index (χ0) is 10.4. The minimum atomic E-state index is -0.792. The summed E-state index contributed by atoms with van der Waals surface area (Å²) in [4.78, 5) is 14.4. The third-order valence-electron chi connectivity index (χ3n) is 2.54. The van der Waals surface area contributed by atoms with Gasteiger partial charge in [0.25, 0.3) is 0 Å². The Kier molecular flexibility index (Phi) is 4.69. The van der Waals surface area contributed by atoms with Gasteiger partial charge in [-0.2, -0.15) is 0 Å². The molecule has 1 aliphatic heterocycles. The van der Waals surface area contributed by atoms with Gasteiger partial charge < -0.3 is 15.3 Å². The predicted octanol–water partition coefficient (Wildman–Crippen LogP) is -0.108. The van der Waals surface area contributed by atoms with Crippen molar-refractivity contribution in [1.82, 2.24) is 15.1 Å². The molecule has 1 amide bonds. The number of amides is 1. The monoisotopic (exact) mass is 201 g/mol. The van der Waals surface area contributed by atoms with Crippen molar-refractivity contribution in [1.29, 1.82) is 0 Å². The van der Waals surface area contributed by atoms with E-state index in [1.165, 1.54) is 4.90 Å². The van der Waals surface area contributed by atoms with Gasteiger partial charge in [-0.25, -0.2) is 4.79 Å². The fourth-order valence-corrected chi connectivity index (χ4v) is 1.64. The zero-order valence-electron chi connectivity index (χ0n) is 8.70. The number of hydrogen-bond donors (Lipinski definition) is 2. The first-order chi connectivity index (χ1) is 6.74. The molecular formula is C9H19N3O2. The highest BCUT2D eigenvalue weighted by atomic mass is 16.4. The Hall–Kier alpha value is -0.810. The summed E-state index contributed by atoms with van der Waals surface area (Å²) in [6.07, 6.45) is 0.337. The molecule has 2 N–H and O–H groups in total. The Morgan fingerprint density at radius 2 is 2.00 bits per heavy atom. The van der Waals surface area contributed by atoms with Crippen LogP contribution < -0.4 is 5.32 Å². The first-order valence-electron chi connectivity index (χ1n) is 5.09. The third-order valence-corrected chi connectivity index (χ3v) is 2.54. The largest absolute Gasteiger partial charge is 0.465 e. The van der Waals surface area contributed by atoms with Crippen LogP contribution in [0.15, 0.2) is 0 Å². The molecule has 0 aromatic rings. The van der Waals surface area contributed by atoms with Crippen LogP contribution in [0.2, 0.25) is 0 Å². The first kappa shape index (κ1) is 11.3. The summed E-state index contributed by atoms with van der Waals surface area (Å²) in [6.45, 7) is 5.13. The lowest BCUT2D eigenvalue weighted by Crippen LogP contribution is -2.48. The van der Waals surface area contributed by atoms with E-state index >= 15 is 0 Å². The predicted molar refractivity (Wildman–Crippen MR) is 54.6 cm³/mol. The summed E-state index contributed by atoms with van der Waals surface area (Å²) >= 11 is 0. The van der Waals surface area contributed by atoms with Gasteiger partial charge in [0, 0.05) is 26.2 Å². The van der Waals surface area contributed by atoms with E-state index in [4.69, 9.17) is 5.11 Å². The van der Waals surface area contributed by atoms with Gasteiger partial charge in [-0.3, -0.25) is 4.90 Å². The third kappa shape index (κ3) is 3.51. The van der Waals surface area contributed by atoms with Crippen LogP contribution >= 0.6 is 0 Å². The van der Waals surface area contributed by atoms with Gasteiger partial charge in [0.2, 0.25) is 0 Å². The molecular weight excluding hydrogens is 182 g/mol. The Morgan fingerprint density at radius 3 is 2.50 bits per heavy atom. The summed E-state index contributed by atoms with van der Waals surface area (Å²) < 4.78 is 0. The maximum Gasteiger partial charge on any atom is 0.407 e. The summed E-state index contributed by atoms with van der Waals surface area (Å²) in [7, 11) is 1.95. The molecule has 1 heterocycles. The van der Waals surface area contributed by atoms with Crippen molar-refractivity contribution in [3.63, 3.8) is 0 Å². The van der Waals surface area contributed by atoms with Crippen LogP contribution in [0, 0.1) is 0 Å². The molecule has 1 rings (SSSR count). The summed E-state index contributed by atoms with van der Waals surface area (Å²) in [5.41, 5.74) is 0. The minimum Gasteiger partial charge on any atom is -0.465 e. The summed E-state index contributed by atoms with van der Waals surface area (Å²) in [5, 5.41) is 11.8. The number of rotatable bonds is 4. The number of nitrogens with one attached hydrogen (secondary N) is 1. The average molecular weight is 201 g/mol. The second-order valence-corrected chi connectivity index (χ2v) is 3.57. The molecule has 0 bridgehead atoms. The lowest BCUT2D eigenvalue weighted by Gasteiger charge is -2.32. The zero-order valence-corrected chi connectivity index (χ0v) is 8.70. The highest BCUT2D eigenvalue weighted by Crippen LogP contribution is 2.02. The summed E-state index contributed by atoms with van der Waals surface area (Å²) in [6, 6.07) is 0. The van der Waals surface area contributed by atoms with E-state index in [0.29, 0.717) is 13.1 Å². The van der Waals surface area contributed by atoms with Gasteiger partial charge in [-0.05, 0) is 26.6 Å². The normalized spacial score (nSPS) is 18.5. The highest BCUT2D eigenvalue weighted by Gasteiger charge is 2.19. The number of hydrogen-bond acceptors (Lipinski definition) is 3. The van der Waals surface area contributed by atoms with Gasteiger partial charge in [0.1, 0.15) is 0 Å². The number of nitrogens with zero attached hydrogens (tertiary/aromatic N) is 2. The van der Waals surface area contributed by atoms with Crippen molar-refractivity contribution in [2.24, 2.45) is 0 Å². The van der Waals surface area contributed by atoms with E-state index in [0.717, 1.165) is 32.6 Å². The Labute approximate surface area is 84.7 Å². The Balaban J connectivity index is 2.12. The quantitative estimate of drug-likeness (QED) is 0.623. The molecule has 0 radical (unpaired) electrons. The lowest BCUT2D eigenvalue weighted by atomic mass is 10.3. The second kappa shape index (κ2) is 5.82. The minimum absolute atomic E-state index is 0.648. The molecule has 1 aliphatic rings. The Bertz CT molecular complexity index is 179. The molecule has 0 aromatic carbocycles. The fraction of sp³-hybridized carbons (Fsp3) is 0.889. The fourth-order valence-electron chi connectivity index (χ4n) is 1.64. The maximum absolute atomic E-state index is 10.6. The molecule has 5 nitrogen and oxygen atoms in total. The second-order valence-electron chi connectivity index (χ2n) is 3.57. The van der Waals surface area contributed by atoms with Crippen molar-refractivity contribution in [3.8, 4) is 0 Å². The van der Waals surface area contributed by atoms with Crippen molar-refractivity contribution in [2.45, 2.75) is 6.42 Å². The van der Waals surface area contributed by atoms with E-state index in [-0.39, 0.29) is 0 Å². The molecule has 0 saturated carbocycles. The lowest BCUT2D eigenvalue weighted by molar-refractivity contribution is 0.105. The molecule has 14 heavy (non-hydrogen) atoms. The van der Waals surface area contributed by atoms with Gasteiger partial charge >= 0.3 is 6.09 Å². The first-order valence-corrected chi connectivity index (χ1v) is 5.09. The highest BCUT2D eigenvalue weighted by molar-refractivity contribution is 5.65. The van der Waals surface area contributed by atoms with Crippen molar-refractivity contribution >= 4 is 6.09 Å². The van der Waals surface area contributed by atoms with Gasteiger partial charge in [0.05, 0.1) is 0 Å². The topological polar surface area (TPSA) is 55.8 Å². The van der Waals surface area contributed by atoms with Crippen LogP contribution in [0.1, 0.15) is 6.42 Å². The number of carbonyl (C=O) groups is 1. The molecule has 1 fully saturated rings. The number of piperazine rings is 1. The van der Waals surface area contributed by atoms with E-state index < -0.39 is 6.09 Å². The molecule has 5 heteroatoms. The molecule has 82 valence electrons.